The zero-order valence-electron chi connectivity index (χ0n) is 20.9. The average molecular weight is 571 g/mol. The summed E-state index contributed by atoms with van der Waals surface area (Å²) in [6.07, 6.45) is 1.80. The monoisotopic (exact) mass is 570 g/mol. The van der Waals surface area contributed by atoms with Crippen LogP contribution in [-0.4, -0.2) is 42.7 Å². The molecule has 0 spiro atoms. The van der Waals surface area contributed by atoms with Gasteiger partial charge in [-0.15, -0.1) is 0 Å². The van der Waals surface area contributed by atoms with E-state index >= 15 is 0 Å². The maximum atomic E-state index is 13.1. The molecule has 0 unspecified atom stereocenters. The smallest absolute Gasteiger partial charge is 0.337 e. The van der Waals surface area contributed by atoms with Crippen LogP contribution in [0.3, 0.4) is 0 Å². The maximum Gasteiger partial charge on any atom is 0.337 e. The number of hydrogen-bond donors (Lipinski definition) is 0. The molecule has 10 heteroatoms. The number of amidine groups is 1. The molecule has 0 bridgehead atoms. The SMILES string of the molecule is CCN1C(=O)/C(=C/c2ccc(OCc3ccc(Cl)c(Cl)c3)c(OC)c2)SC1=Nc1ccc(C(=O)OC)cc1. The minimum Gasteiger partial charge on any atom is -0.493 e. The van der Waals surface area contributed by atoms with E-state index in [1.165, 1.54) is 18.9 Å². The molecule has 196 valence electrons. The Kier molecular flexibility index (Phi) is 8.99. The van der Waals surface area contributed by atoms with Gasteiger partial charge in [-0.2, -0.15) is 0 Å². The molecule has 4 rings (SSSR count). The van der Waals surface area contributed by atoms with E-state index in [1.807, 2.05) is 25.1 Å². The van der Waals surface area contributed by atoms with Crippen LogP contribution in [0.25, 0.3) is 6.08 Å². The molecule has 0 aliphatic carbocycles. The van der Waals surface area contributed by atoms with Crippen molar-refractivity contribution in [3.8, 4) is 11.5 Å². The zero-order chi connectivity index (χ0) is 27.2. The molecule has 7 nitrogen and oxygen atoms in total. The van der Waals surface area contributed by atoms with Crippen LogP contribution in [0, 0.1) is 0 Å². The number of benzene rings is 3. The quantitative estimate of drug-likeness (QED) is 0.214. The number of likely N-dealkylation sites (N-methyl/N-ethyl adjacent to an activating group) is 1. The molecular formula is C28H24Cl2N2O5S. The predicted octanol–water partition coefficient (Wildman–Crippen LogP) is 6.99. The normalized spacial score (nSPS) is 15.3. The van der Waals surface area contributed by atoms with Gasteiger partial charge in [0, 0.05) is 6.54 Å². The fourth-order valence-corrected chi connectivity index (χ4v) is 4.99. The molecule has 1 aliphatic heterocycles. The summed E-state index contributed by atoms with van der Waals surface area (Å²) < 4.78 is 16.2. The third-order valence-corrected chi connectivity index (χ3v) is 7.33. The number of methoxy groups -OCH3 is 2. The first kappa shape index (κ1) is 27.6. The Balaban J connectivity index is 1.52. The van der Waals surface area contributed by atoms with Gasteiger partial charge in [-0.3, -0.25) is 9.69 Å². The summed E-state index contributed by atoms with van der Waals surface area (Å²) in [5.74, 6) is 0.526. The first-order chi connectivity index (χ1) is 18.3. The molecule has 38 heavy (non-hydrogen) atoms. The second-order valence-electron chi connectivity index (χ2n) is 8.04. The van der Waals surface area contributed by atoms with Gasteiger partial charge in [0.25, 0.3) is 5.91 Å². The number of aliphatic imine (C=N–C) groups is 1. The lowest BCUT2D eigenvalue weighted by Crippen LogP contribution is -2.28. The van der Waals surface area contributed by atoms with E-state index in [4.69, 9.17) is 37.4 Å². The van der Waals surface area contributed by atoms with Gasteiger partial charge in [0.1, 0.15) is 6.61 Å². The third kappa shape index (κ3) is 6.32. The van der Waals surface area contributed by atoms with E-state index in [0.717, 1.165) is 11.1 Å². The average Bonchev–Trinajstić information content (AvgIpc) is 3.22. The van der Waals surface area contributed by atoms with Crippen LogP contribution < -0.4 is 9.47 Å². The van der Waals surface area contributed by atoms with E-state index in [0.29, 0.717) is 49.4 Å². The highest BCUT2D eigenvalue weighted by molar-refractivity contribution is 8.18. The van der Waals surface area contributed by atoms with E-state index in [-0.39, 0.29) is 12.5 Å². The first-order valence-electron chi connectivity index (χ1n) is 11.6. The van der Waals surface area contributed by atoms with E-state index in [1.54, 1.807) is 60.6 Å². The summed E-state index contributed by atoms with van der Waals surface area (Å²) in [6.45, 7) is 2.64. The molecule has 1 aliphatic rings. The molecule has 0 N–H and O–H groups in total. The Morgan fingerprint density at radius 1 is 1.00 bits per heavy atom. The van der Waals surface area contributed by atoms with Gasteiger partial charge in [0.2, 0.25) is 0 Å². The van der Waals surface area contributed by atoms with Crippen molar-refractivity contribution in [1.82, 2.24) is 4.90 Å². The number of esters is 1. The van der Waals surface area contributed by atoms with Crippen molar-refractivity contribution >= 4 is 63.8 Å². The molecule has 1 fully saturated rings. The molecule has 0 atom stereocenters. The number of amides is 1. The molecule has 3 aromatic carbocycles. The summed E-state index contributed by atoms with van der Waals surface area (Å²) in [5.41, 5.74) is 2.70. The highest BCUT2D eigenvalue weighted by Crippen LogP contribution is 2.36. The van der Waals surface area contributed by atoms with Crippen LogP contribution in [0.4, 0.5) is 5.69 Å². The van der Waals surface area contributed by atoms with Gasteiger partial charge in [-0.05, 0) is 84.4 Å². The number of nitrogens with zero attached hydrogens (tertiary/aromatic N) is 2. The number of carbonyl (C=O) groups excluding carboxylic acids is 2. The van der Waals surface area contributed by atoms with Gasteiger partial charge in [-0.25, -0.2) is 9.79 Å². The van der Waals surface area contributed by atoms with Crippen LogP contribution in [0.15, 0.2) is 70.6 Å². The summed E-state index contributed by atoms with van der Waals surface area (Å²) >= 11 is 13.4. The second-order valence-corrected chi connectivity index (χ2v) is 9.86. The van der Waals surface area contributed by atoms with Gasteiger partial charge >= 0.3 is 5.97 Å². The Morgan fingerprint density at radius 2 is 1.76 bits per heavy atom. The maximum absolute atomic E-state index is 13.1. The van der Waals surface area contributed by atoms with Gasteiger partial charge in [-0.1, -0.05) is 35.3 Å². The molecule has 1 heterocycles. The number of carbonyl (C=O) groups is 2. The topological polar surface area (TPSA) is 77.4 Å². The largest absolute Gasteiger partial charge is 0.493 e. The van der Waals surface area contributed by atoms with Gasteiger partial charge < -0.3 is 14.2 Å². The van der Waals surface area contributed by atoms with Crippen LogP contribution in [0.2, 0.25) is 10.0 Å². The summed E-state index contributed by atoms with van der Waals surface area (Å²) in [7, 11) is 2.89. The van der Waals surface area contributed by atoms with Crippen LogP contribution >= 0.6 is 35.0 Å². The number of hydrogen-bond acceptors (Lipinski definition) is 7. The van der Waals surface area contributed by atoms with Crippen molar-refractivity contribution in [3.05, 3.63) is 92.3 Å². The molecular weight excluding hydrogens is 547 g/mol. The molecule has 1 amide bonds. The summed E-state index contributed by atoms with van der Waals surface area (Å²) in [4.78, 5) is 31.5. The lowest BCUT2D eigenvalue weighted by Gasteiger charge is -2.12. The van der Waals surface area contributed by atoms with E-state index in [2.05, 4.69) is 4.99 Å². The third-order valence-electron chi connectivity index (χ3n) is 5.58. The minimum absolute atomic E-state index is 0.138. The Bertz CT molecular complexity index is 1420. The minimum atomic E-state index is -0.420. The van der Waals surface area contributed by atoms with Crippen molar-refractivity contribution < 1.29 is 23.8 Å². The second kappa shape index (κ2) is 12.4. The van der Waals surface area contributed by atoms with Crippen molar-refractivity contribution in [2.45, 2.75) is 13.5 Å². The predicted molar refractivity (Wildman–Crippen MR) is 152 cm³/mol. The summed E-state index contributed by atoms with van der Waals surface area (Å²) in [5, 5.41) is 1.50. The molecule has 3 aromatic rings. The fraction of sp³-hybridized carbons (Fsp3) is 0.179. The Labute approximate surface area is 235 Å². The number of rotatable bonds is 8. The highest BCUT2D eigenvalue weighted by Gasteiger charge is 2.32. The van der Waals surface area contributed by atoms with Crippen LogP contribution in [0.5, 0.6) is 11.5 Å². The van der Waals surface area contributed by atoms with Gasteiger partial charge in [0.15, 0.2) is 16.7 Å². The molecule has 0 saturated carbocycles. The number of thioether (sulfide) groups is 1. The van der Waals surface area contributed by atoms with Crippen molar-refractivity contribution in [1.29, 1.82) is 0 Å². The van der Waals surface area contributed by atoms with Crippen molar-refractivity contribution in [2.75, 3.05) is 20.8 Å². The Morgan fingerprint density at radius 3 is 2.42 bits per heavy atom. The lowest BCUT2D eigenvalue weighted by atomic mass is 10.1. The fourth-order valence-electron chi connectivity index (χ4n) is 3.61. The molecule has 0 aromatic heterocycles. The highest BCUT2D eigenvalue weighted by atomic mass is 35.5. The van der Waals surface area contributed by atoms with Gasteiger partial charge in [0.05, 0.1) is 40.4 Å². The molecule has 0 radical (unpaired) electrons. The lowest BCUT2D eigenvalue weighted by molar-refractivity contribution is -0.122. The Hall–Kier alpha value is -3.46. The van der Waals surface area contributed by atoms with E-state index < -0.39 is 5.97 Å². The van der Waals surface area contributed by atoms with Crippen molar-refractivity contribution in [2.24, 2.45) is 4.99 Å². The number of ether oxygens (including phenoxy) is 3. The zero-order valence-corrected chi connectivity index (χ0v) is 23.2. The summed E-state index contributed by atoms with van der Waals surface area (Å²) in [6, 6.07) is 17.5. The number of halogens is 2. The molecule has 1 saturated heterocycles. The standard InChI is InChI=1S/C28H24Cl2N2O5S/c1-4-32-26(33)25(38-28(32)31-20-9-7-19(8-10-20)27(34)36-3)15-17-6-12-23(24(14-17)35-2)37-16-18-5-11-21(29)22(30)13-18/h5-15H,4,16H2,1-3H3/b25-15-,31-28?. The van der Waals surface area contributed by atoms with Crippen LogP contribution in [0.1, 0.15) is 28.4 Å². The van der Waals surface area contributed by atoms with E-state index in [9.17, 15) is 9.59 Å². The van der Waals surface area contributed by atoms with Crippen molar-refractivity contribution in [3.63, 3.8) is 0 Å². The van der Waals surface area contributed by atoms with Crippen LogP contribution in [-0.2, 0) is 16.1 Å². The first-order valence-corrected chi connectivity index (χ1v) is 13.1.